The maximum Gasteiger partial charge on any atom is 0.261 e. The predicted octanol–water partition coefficient (Wildman–Crippen LogP) is 3.73. The van der Waals surface area contributed by atoms with Gasteiger partial charge >= 0.3 is 0 Å². The van der Waals surface area contributed by atoms with E-state index < -0.39 is 17.2 Å². The van der Waals surface area contributed by atoms with Crippen LogP contribution >= 0.6 is 0 Å². The number of benzene rings is 2. The average Bonchev–Trinajstić information content (AvgIpc) is 2.82. The van der Waals surface area contributed by atoms with Crippen LogP contribution in [-0.4, -0.2) is 47.2 Å². The van der Waals surface area contributed by atoms with Crippen LogP contribution in [-0.2, 0) is 20.8 Å². The van der Waals surface area contributed by atoms with Gasteiger partial charge in [-0.25, -0.2) is 0 Å². The van der Waals surface area contributed by atoms with Crippen LogP contribution in [0.15, 0.2) is 52.6 Å². The van der Waals surface area contributed by atoms with E-state index in [-0.39, 0.29) is 43.3 Å². The van der Waals surface area contributed by atoms with Crippen molar-refractivity contribution in [2.45, 2.75) is 47.5 Å². The lowest BCUT2D eigenvalue weighted by Crippen LogP contribution is -2.43. The molecule has 0 aromatic heterocycles. The number of ketones is 3. The van der Waals surface area contributed by atoms with Crippen molar-refractivity contribution in [1.29, 1.82) is 0 Å². The van der Waals surface area contributed by atoms with Crippen LogP contribution in [0.2, 0.25) is 0 Å². The number of hydrogen-bond donors (Lipinski definition) is 1. The highest BCUT2D eigenvalue weighted by Gasteiger charge is 2.38. The summed E-state index contributed by atoms with van der Waals surface area (Å²) in [4.78, 5) is 66.1. The van der Waals surface area contributed by atoms with E-state index in [4.69, 9.17) is 5.73 Å². The number of nitrogens with zero attached hydrogens (tertiary/aromatic N) is 1. The Morgan fingerprint density at radius 2 is 1.47 bits per heavy atom. The second-order valence-electron chi connectivity index (χ2n) is 10.2. The van der Waals surface area contributed by atoms with E-state index in [2.05, 4.69) is 0 Å². The quantitative estimate of drug-likeness (QED) is 0.471. The summed E-state index contributed by atoms with van der Waals surface area (Å²) >= 11 is 0. The summed E-state index contributed by atoms with van der Waals surface area (Å²) in [5.41, 5.74) is 7.92. The number of nitrogens with two attached hydrogens (primary N) is 1. The minimum Gasteiger partial charge on any atom is -0.329 e. The highest BCUT2D eigenvalue weighted by Crippen LogP contribution is 2.39. The number of rotatable bonds is 7. The number of hydrogen-bond acceptors (Lipinski definition) is 6. The lowest BCUT2D eigenvalue weighted by molar-refractivity contribution is -0.121. The van der Waals surface area contributed by atoms with Crippen LogP contribution < -0.4 is 5.73 Å². The standard InChI is InChI=1S/C29H30N2O5/c1-15-16(2)26(34)24(17(3)25(15)33)29(4,5)14-19(32)13-18-9-10-22-23-20(18)7-6-8-21(23)27(35)31(12-11-30)28(22)36/h6-10H,11-14,30H2,1-5H3. The van der Waals surface area contributed by atoms with Gasteiger partial charge in [-0.15, -0.1) is 0 Å². The van der Waals surface area contributed by atoms with Gasteiger partial charge in [-0.05, 0) is 43.9 Å². The summed E-state index contributed by atoms with van der Waals surface area (Å²) in [5, 5.41) is 1.23. The van der Waals surface area contributed by atoms with Crippen molar-refractivity contribution in [3.05, 3.63) is 69.3 Å². The first-order valence-corrected chi connectivity index (χ1v) is 12.0. The zero-order valence-electron chi connectivity index (χ0n) is 21.3. The molecule has 0 radical (unpaired) electrons. The maximum absolute atomic E-state index is 13.3. The van der Waals surface area contributed by atoms with Crippen molar-refractivity contribution in [2.24, 2.45) is 11.1 Å². The first kappa shape index (κ1) is 25.4. The number of allylic oxidation sites excluding steroid dienone is 4. The third-order valence-corrected chi connectivity index (χ3v) is 7.32. The molecule has 0 unspecified atom stereocenters. The summed E-state index contributed by atoms with van der Waals surface area (Å²) < 4.78 is 0. The van der Waals surface area contributed by atoms with E-state index in [1.807, 2.05) is 19.9 Å². The highest BCUT2D eigenvalue weighted by molar-refractivity contribution is 6.26. The second-order valence-corrected chi connectivity index (χ2v) is 10.2. The Balaban J connectivity index is 1.66. The van der Waals surface area contributed by atoms with Crippen LogP contribution in [0.3, 0.4) is 0 Å². The molecule has 0 bridgehead atoms. The molecule has 2 N–H and O–H groups in total. The molecule has 36 heavy (non-hydrogen) atoms. The summed E-state index contributed by atoms with van der Waals surface area (Å²) in [6.07, 6.45) is 0.136. The predicted molar refractivity (Wildman–Crippen MR) is 137 cm³/mol. The molecule has 0 fully saturated rings. The van der Waals surface area contributed by atoms with Crippen molar-refractivity contribution in [3.63, 3.8) is 0 Å². The Morgan fingerprint density at radius 1 is 0.861 bits per heavy atom. The summed E-state index contributed by atoms with van der Waals surface area (Å²) in [7, 11) is 0. The van der Waals surface area contributed by atoms with Gasteiger partial charge in [0.15, 0.2) is 11.6 Å². The van der Waals surface area contributed by atoms with E-state index in [0.717, 1.165) is 4.90 Å². The smallest absolute Gasteiger partial charge is 0.261 e. The number of carbonyl (C=O) groups excluding carboxylic acids is 5. The van der Waals surface area contributed by atoms with Gasteiger partial charge in [0.2, 0.25) is 0 Å². The van der Waals surface area contributed by atoms with Crippen LogP contribution in [0.5, 0.6) is 0 Å². The fourth-order valence-corrected chi connectivity index (χ4v) is 5.46. The van der Waals surface area contributed by atoms with Crippen LogP contribution in [0.1, 0.15) is 67.3 Å². The molecule has 0 saturated heterocycles. The zero-order chi connectivity index (χ0) is 26.5. The molecule has 2 aliphatic rings. The molecular weight excluding hydrogens is 456 g/mol. The van der Waals surface area contributed by atoms with Gasteiger partial charge in [-0.3, -0.25) is 28.9 Å². The molecule has 7 heteroatoms. The number of imide groups is 1. The van der Waals surface area contributed by atoms with E-state index >= 15 is 0 Å². The molecule has 2 aromatic carbocycles. The Bertz CT molecular complexity index is 1420. The molecule has 0 saturated carbocycles. The van der Waals surface area contributed by atoms with Crippen molar-refractivity contribution in [3.8, 4) is 0 Å². The Hall–Kier alpha value is -3.71. The molecule has 1 heterocycles. The van der Waals surface area contributed by atoms with E-state index in [1.165, 1.54) is 0 Å². The minimum atomic E-state index is -0.836. The first-order chi connectivity index (χ1) is 16.9. The topological polar surface area (TPSA) is 115 Å². The lowest BCUT2D eigenvalue weighted by Gasteiger charge is -2.31. The van der Waals surface area contributed by atoms with Crippen LogP contribution in [0.4, 0.5) is 0 Å². The van der Waals surface area contributed by atoms with Gasteiger partial charge in [0, 0.05) is 70.2 Å². The van der Waals surface area contributed by atoms with Gasteiger partial charge in [-0.1, -0.05) is 32.0 Å². The fourth-order valence-electron chi connectivity index (χ4n) is 5.46. The Morgan fingerprint density at radius 3 is 2.11 bits per heavy atom. The van der Waals surface area contributed by atoms with Gasteiger partial charge in [0.1, 0.15) is 5.78 Å². The molecule has 0 atom stereocenters. The third kappa shape index (κ3) is 3.93. The zero-order valence-corrected chi connectivity index (χ0v) is 21.3. The van der Waals surface area contributed by atoms with Crippen molar-refractivity contribution >= 4 is 39.9 Å². The van der Waals surface area contributed by atoms with Gasteiger partial charge in [0.25, 0.3) is 11.8 Å². The molecule has 1 aliphatic carbocycles. The van der Waals surface area contributed by atoms with E-state index in [1.54, 1.807) is 45.0 Å². The third-order valence-electron chi connectivity index (χ3n) is 7.32. The molecule has 1 aliphatic heterocycles. The van der Waals surface area contributed by atoms with Gasteiger partial charge in [0.05, 0.1) is 0 Å². The monoisotopic (exact) mass is 486 g/mol. The van der Waals surface area contributed by atoms with E-state index in [0.29, 0.717) is 49.8 Å². The minimum absolute atomic E-state index is 0.0656. The largest absolute Gasteiger partial charge is 0.329 e. The molecule has 4 rings (SSSR count). The highest BCUT2D eigenvalue weighted by atomic mass is 16.2. The van der Waals surface area contributed by atoms with Crippen molar-refractivity contribution in [2.75, 3.05) is 13.1 Å². The average molecular weight is 487 g/mol. The number of carbonyl (C=O) groups is 5. The lowest BCUT2D eigenvalue weighted by atomic mass is 9.70. The summed E-state index contributed by atoms with van der Waals surface area (Å²) in [5.74, 6) is -1.25. The first-order valence-electron chi connectivity index (χ1n) is 12.0. The second kappa shape index (κ2) is 9.06. The molecule has 2 aromatic rings. The van der Waals surface area contributed by atoms with Crippen LogP contribution in [0.25, 0.3) is 10.8 Å². The Labute approximate surface area is 210 Å². The van der Waals surface area contributed by atoms with Crippen LogP contribution in [0, 0.1) is 5.41 Å². The molecular formula is C29H30N2O5. The maximum atomic E-state index is 13.3. The van der Waals surface area contributed by atoms with E-state index in [9.17, 15) is 24.0 Å². The fraction of sp³-hybridized carbons (Fsp3) is 0.345. The van der Waals surface area contributed by atoms with Crippen molar-refractivity contribution < 1.29 is 24.0 Å². The SMILES string of the molecule is CC1=C(C)C(=O)C(C(C)(C)CC(=O)Cc2ccc3c4c(cccc24)C(=O)N(CCN)C3=O)=C(C)C1=O. The number of amides is 2. The Kier molecular flexibility index (Phi) is 6.39. The van der Waals surface area contributed by atoms with Crippen molar-refractivity contribution in [1.82, 2.24) is 4.90 Å². The normalized spacial score (nSPS) is 16.6. The molecule has 0 spiro atoms. The molecule has 186 valence electrons. The molecule has 2 amide bonds. The summed E-state index contributed by atoms with van der Waals surface area (Å²) in [6.45, 7) is 8.86. The van der Waals surface area contributed by atoms with Gasteiger partial charge in [-0.2, -0.15) is 0 Å². The number of Topliss-reactive ketones (excluding diaryl/α,β-unsaturated/α-hetero) is 3. The summed E-state index contributed by atoms with van der Waals surface area (Å²) in [6, 6.07) is 8.63. The molecule has 7 nitrogen and oxygen atoms in total. The van der Waals surface area contributed by atoms with Gasteiger partial charge < -0.3 is 5.73 Å².